The second-order valence-electron chi connectivity index (χ2n) is 44.2. The molecule has 0 bridgehead atoms. The molecule has 778 valence electrons. The van der Waals surface area contributed by atoms with Gasteiger partial charge in [0.05, 0.1) is 98.3 Å². The standard InChI is InChI=1S/C22H28ClF2N3O.C22H29ClFN3O2.2C22H29ClFN3O.C22H28ClFN2O3/c1-14-8-15(10-22(24,25)9-14)11-27-21(29)17-13-28(12-16-4-3-7-26-16)19-6-2-5-18(23)20(17)19;1-21(24)7-3-8-22(29,13-21)14-26-20(28)16-12-27(11-15-6-9-25-10-15)18-5-2-4-17(23)19(16)18;1-22(24)9-7-15(8-10-22)12-26-21(28)17-14-27(13-16-4-3-11-25-16)19-6-2-5-18(23)20(17)19;1-22(24)8-5-15(6-9-22)12-26-21(28)17-14-27(13-16-7-10-25-11-16)19-4-2-3-18(23)20(17)19;1-21(24)7-3-8-22(28,13-21)14-25-20(27)16-11-26(10-15-6-9-29-12-15)18-5-2-4-17(23)19(16)18/h2,5-6,13-16,26H,3-4,7-12H2,1H3,(H,27,29);2,4-5,12,15,25,29H,3,6-11,13-14H2,1H3,(H,26,28);2,5-6,14-16,25H,3-4,7-13H2,1H3,(H,26,28);2-4,14-16,25H,5-13H2,1H3,(H,26,28);2,4-5,11,15,28H,3,6-10,12-14H2,1H3,(H,25,27). The fourth-order valence-electron chi connectivity index (χ4n) is 23.9. The Balaban J connectivity index is 0.000000128. The zero-order chi connectivity index (χ0) is 101. The lowest BCUT2D eigenvalue weighted by atomic mass is 9.77. The molecule has 0 radical (unpaired) electrons. The van der Waals surface area contributed by atoms with Gasteiger partial charge >= 0.3 is 0 Å². The summed E-state index contributed by atoms with van der Waals surface area (Å²) in [6.45, 7) is 21.4. The smallest absolute Gasteiger partial charge is 0.253 e. The van der Waals surface area contributed by atoms with Crippen LogP contribution in [0.5, 0.6) is 0 Å². The third-order valence-electron chi connectivity index (χ3n) is 31.5. The topological polar surface area (TPSA) is 268 Å². The maximum Gasteiger partial charge on any atom is 0.253 e. The van der Waals surface area contributed by atoms with Crippen molar-refractivity contribution in [2.75, 3.05) is 85.2 Å². The molecule has 5 aliphatic carbocycles. The van der Waals surface area contributed by atoms with E-state index in [1.54, 1.807) is 32.0 Å². The number of nitrogens with zero attached hydrogens (tertiary/aromatic N) is 5. The molecule has 11 atom stereocenters. The van der Waals surface area contributed by atoms with Crippen molar-refractivity contribution in [2.45, 2.75) is 286 Å². The average Bonchev–Trinajstić information content (AvgIpc) is 1.65. The van der Waals surface area contributed by atoms with E-state index in [4.69, 9.17) is 62.7 Å². The number of halogens is 11. The number of hydrogen-bond acceptors (Lipinski definition) is 12. The molecule has 22 nitrogen and oxygen atoms in total. The minimum absolute atomic E-state index is 0.0267. The molecule has 5 aliphatic heterocycles. The van der Waals surface area contributed by atoms with Gasteiger partial charge in [0, 0.05) is 174 Å². The number of aliphatic hydroxyl groups is 2. The van der Waals surface area contributed by atoms with Crippen molar-refractivity contribution in [3.05, 3.63) is 175 Å². The highest BCUT2D eigenvalue weighted by Gasteiger charge is 2.45. The molecule has 5 aromatic heterocycles. The lowest BCUT2D eigenvalue weighted by Crippen LogP contribution is -2.49. The summed E-state index contributed by atoms with van der Waals surface area (Å²) in [7, 11) is 0. The van der Waals surface area contributed by atoms with Gasteiger partial charge in [0.15, 0.2) is 0 Å². The fraction of sp³-hybridized carbons (Fsp3) is 0.591. The zero-order valence-electron chi connectivity index (χ0n) is 83.1. The molecular formula is C110H143Cl5F6N14O8. The van der Waals surface area contributed by atoms with Crippen molar-refractivity contribution < 1.29 is 65.3 Å². The highest BCUT2D eigenvalue weighted by molar-refractivity contribution is 6.39. The molecule has 143 heavy (non-hydrogen) atoms. The Kier molecular flexibility index (Phi) is 35.2. The molecular weight excluding hydrogens is 1940 g/mol. The van der Waals surface area contributed by atoms with Crippen molar-refractivity contribution >= 4 is 142 Å². The molecule has 20 rings (SSSR count). The number of ether oxygens (including phenoxy) is 1. The Morgan fingerprint density at radius 3 is 1.01 bits per heavy atom. The fourth-order valence-corrected chi connectivity index (χ4v) is 25.3. The Hall–Kier alpha value is -8.10. The SMILES string of the molecule is CC1(F)CCC(CNC(=O)c2cn(CC3CCCN3)c3cccc(Cl)c23)CC1.CC1(F)CCC(CNC(=O)c2cn(CC3CCNC3)c3cccc(Cl)c23)CC1.CC1(F)CCCC(O)(CNC(=O)c2cn(CC3CCNC3)c3cccc(Cl)c23)C1.CC1(F)CCCC(O)(CNC(=O)c2cn(CC3CCOC3)c3cccc(Cl)c23)C1.CC1CC(CNC(=O)c2cn(CC3CCCN3)c3cccc(Cl)c23)CC(F)(F)C1. The lowest BCUT2D eigenvalue weighted by Gasteiger charge is -2.39. The second-order valence-corrected chi connectivity index (χ2v) is 46.2. The van der Waals surface area contributed by atoms with Crippen molar-refractivity contribution in [3.63, 3.8) is 0 Å². The summed E-state index contributed by atoms with van der Waals surface area (Å²) in [4.78, 5) is 64.9. The number of nitrogens with one attached hydrogen (secondary N) is 9. The van der Waals surface area contributed by atoms with Crippen molar-refractivity contribution in [1.29, 1.82) is 0 Å². The van der Waals surface area contributed by atoms with Gasteiger partial charge in [-0.1, -0.05) is 95.3 Å². The Labute approximate surface area is 860 Å². The van der Waals surface area contributed by atoms with Gasteiger partial charge in [-0.25, -0.2) is 26.3 Å². The number of rotatable bonds is 25. The zero-order valence-corrected chi connectivity index (χ0v) is 86.9. The molecule has 5 saturated heterocycles. The van der Waals surface area contributed by atoms with Gasteiger partial charge in [-0.3, -0.25) is 24.0 Å². The van der Waals surface area contributed by atoms with E-state index in [1.807, 2.05) is 111 Å². The second kappa shape index (κ2) is 46.8. The first kappa shape index (κ1) is 108. The van der Waals surface area contributed by atoms with Gasteiger partial charge in [-0.05, 0) is 304 Å². The monoisotopic (exact) mass is 2080 g/mol. The number of fused-ring (bicyclic) bond motifs is 5. The number of amides is 5. The van der Waals surface area contributed by atoms with Gasteiger partial charge in [0.2, 0.25) is 5.92 Å². The van der Waals surface area contributed by atoms with E-state index < -0.39 is 39.8 Å². The minimum atomic E-state index is -2.64. The molecule has 5 aromatic carbocycles. The van der Waals surface area contributed by atoms with E-state index in [-0.39, 0.29) is 86.7 Å². The van der Waals surface area contributed by atoms with E-state index in [0.717, 1.165) is 199 Å². The van der Waals surface area contributed by atoms with E-state index in [1.165, 1.54) is 20.3 Å². The van der Waals surface area contributed by atoms with E-state index in [0.29, 0.717) is 184 Å². The largest absolute Gasteiger partial charge is 0.388 e. The van der Waals surface area contributed by atoms with Gasteiger partial charge < -0.3 is 85.6 Å². The summed E-state index contributed by atoms with van der Waals surface area (Å²) in [6, 6.07) is 29.3. The first-order valence-corrected chi connectivity index (χ1v) is 53.9. The Bertz CT molecular complexity index is 5790. The number of hydrogen-bond donors (Lipinski definition) is 11. The predicted octanol–water partition coefficient (Wildman–Crippen LogP) is 21.9. The van der Waals surface area contributed by atoms with Crippen LogP contribution in [-0.4, -0.2) is 200 Å². The normalized spacial score (nSPS) is 28.5. The number of alkyl halides is 6. The van der Waals surface area contributed by atoms with Crippen LogP contribution in [0.3, 0.4) is 0 Å². The molecule has 33 heteroatoms. The first-order chi connectivity index (χ1) is 68.2. The van der Waals surface area contributed by atoms with Crippen LogP contribution in [-0.2, 0) is 37.5 Å². The Morgan fingerprint density at radius 1 is 0.378 bits per heavy atom. The van der Waals surface area contributed by atoms with E-state index in [2.05, 4.69) is 70.7 Å². The van der Waals surface area contributed by atoms with Crippen LogP contribution < -0.4 is 47.9 Å². The maximum absolute atomic E-state index is 14.4. The number of carbonyl (C=O) groups excluding carboxylic acids is 5. The van der Waals surface area contributed by atoms with Crippen LogP contribution >= 0.6 is 58.0 Å². The third kappa shape index (κ3) is 27.7. The molecule has 10 heterocycles. The molecule has 10 fully saturated rings. The van der Waals surface area contributed by atoms with Crippen molar-refractivity contribution in [1.82, 2.24) is 70.7 Å². The van der Waals surface area contributed by atoms with Gasteiger partial charge in [-0.2, -0.15) is 0 Å². The first-order valence-electron chi connectivity index (χ1n) is 52.0. The minimum Gasteiger partial charge on any atom is -0.388 e. The van der Waals surface area contributed by atoms with Gasteiger partial charge in [0.1, 0.15) is 22.7 Å². The number of carbonyl (C=O) groups is 5. The van der Waals surface area contributed by atoms with Crippen molar-refractivity contribution in [3.8, 4) is 0 Å². The van der Waals surface area contributed by atoms with Crippen LogP contribution in [0.25, 0.3) is 54.5 Å². The predicted molar refractivity (Wildman–Crippen MR) is 560 cm³/mol. The highest BCUT2D eigenvalue weighted by atomic mass is 35.5. The molecule has 0 spiro atoms. The summed E-state index contributed by atoms with van der Waals surface area (Å²) < 4.78 is 100. The van der Waals surface area contributed by atoms with Crippen LogP contribution in [0.1, 0.15) is 253 Å². The van der Waals surface area contributed by atoms with Crippen LogP contribution in [0.4, 0.5) is 26.3 Å². The lowest BCUT2D eigenvalue weighted by molar-refractivity contribution is -0.0686. The highest BCUT2D eigenvalue weighted by Crippen LogP contribution is 2.45. The van der Waals surface area contributed by atoms with Crippen molar-refractivity contribution in [2.24, 2.45) is 41.4 Å². The van der Waals surface area contributed by atoms with Crippen LogP contribution in [0.2, 0.25) is 25.1 Å². The molecule has 11 unspecified atom stereocenters. The Morgan fingerprint density at radius 2 is 0.706 bits per heavy atom. The average molecular weight is 2080 g/mol. The molecule has 11 N–H and O–H groups in total. The summed E-state index contributed by atoms with van der Waals surface area (Å²) in [5.41, 5.74) is 0.202. The van der Waals surface area contributed by atoms with Gasteiger partial charge in [-0.15, -0.1) is 0 Å². The number of benzene rings is 5. The summed E-state index contributed by atoms with van der Waals surface area (Å²) in [5, 5.41) is 56.6. The van der Waals surface area contributed by atoms with E-state index >= 15 is 0 Å². The van der Waals surface area contributed by atoms with Crippen LogP contribution in [0, 0.1) is 41.4 Å². The number of aromatic nitrogens is 5. The quantitative estimate of drug-likeness (QED) is 0.0239. The summed E-state index contributed by atoms with van der Waals surface area (Å²) >= 11 is 32.2. The van der Waals surface area contributed by atoms with Crippen LogP contribution in [0.15, 0.2) is 122 Å². The summed E-state index contributed by atoms with van der Waals surface area (Å²) in [6.07, 6.45) is 26.5. The molecule has 10 aliphatic rings. The summed E-state index contributed by atoms with van der Waals surface area (Å²) in [5.74, 6) is -1.70. The van der Waals surface area contributed by atoms with Gasteiger partial charge in [0.25, 0.3) is 29.5 Å². The molecule has 5 saturated carbocycles. The third-order valence-corrected chi connectivity index (χ3v) is 33.1. The molecule has 10 aromatic rings. The maximum atomic E-state index is 14.4. The van der Waals surface area contributed by atoms with E-state index in [9.17, 15) is 60.5 Å². The molecule has 5 amide bonds.